The van der Waals surface area contributed by atoms with E-state index in [0.717, 1.165) is 6.42 Å². The largest absolute Gasteiger partial charge is 0.474 e. The van der Waals surface area contributed by atoms with Gasteiger partial charge >= 0.3 is 0 Å². The van der Waals surface area contributed by atoms with Crippen LogP contribution in [0.5, 0.6) is 0 Å². The molecule has 1 rings (SSSR count). The Hall–Kier alpha value is -1.72. The fraction of sp³-hybridized carbons (Fsp3) is 0.765. The molecule has 1 heterocycles. The standard InChI is InChI=1S/C17H31N3O3/c1-11(23-17(5,6)7)19-13(16(2,3)4)15(22)20-10-8-9-12(20)14(18)21/h12-13,19H,1,8-10H2,2-7H3,(H2,18,21)/t12-,13+/m0/s1. The van der Waals surface area contributed by atoms with E-state index in [9.17, 15) is 9.59 Å². The van der Waals surface area contributed by atoms with E-state index in [1.807, 2.05) is 41.5 Å². The van der Waals surface area contributed by atoms with E-state index in [2.05, 4.69) is 11.9 Å². The molecule has 1 aliphatic rings. The summed E-state index contributed by atoms with van der Waals surface area (Å²) in [5, 5.41) is 3.09. The van der Waals surface area contributed by atoms with Crippen LogP contribution in [0.25, 0.3) is 0 Å². The van der Waals surface area contributed by atoms with Crippen molar-refractivity contribution in [1.82, 2.24) is 10.2 Å². The molecule has 2 amide bonds. The fourth-order valence-electron chi connectivity index (χ4n) is 2.70. The molecule has 0 aromatic heterocycles. The van der Waals surface area contributed by atoms with Crippen LogP contribution in [-0.4, -0.2) is 40.9 Å². The van der Waals surface area contributed by atoms with Gasteiger partial charge in [-0.2, -0.15) is 0 Å². The zero-order valence-corrected chi connectivity index (χ0v) is 15.2. The summed E-state index contributed by atoms with van der Waals surface area (Å²) in [6.45, 7) is 16.0. The Morgan fingerprint density at radius 2 is 1.83 bits per heavy atom. The third kappa shape index (κ3) is 5.44. The Balaban J connectivity index is 2.92. The average molecular weight is 325 g/mol. The minimum Gasteiger partial charge on any atom is -0.474 e. The van der Waals surface area contributed by atoms with Crippen LogP contribution in [0.2, 0.25) is 0 Å². The van der Waals surface area contributed by atoms with Gasteiger partial charge in [0.15, 0.2) is 5.88 Å². The van der Waals surface area contributed by atoms with Crippen LogP contribution in [0.1, 0.15) is 54.4 Å². The first kappa shape index (κ1) is 19.3. The predicted molar refractivity (Wildman–Crippen MR) is 90.3 cm³/mol. The lowest BCUT2D eigenvalue weighted by molar-refractivity contribution is -0.141. The van der Waals surface area contributed by atoms with E-state index in [0.29, 0.717) is 18.8 Å². The molecule has 3 N–H and O–H groups in total. The van der Waals surface area contributed by atoms with Crippen molar-refractivity contribution in [2.45, 2.75) is 72.1 Å². The van der Waals surface area contributed by atoms with Gasteiger partial charge in [-0.1, -0.05) is 20.8 Å². The summed E-state index contributed by atoms with van der Waals surface area (Å²) >= 11 is 0. The van der Waals surface area contributed by atoms with Crippen LogP contribution >= 0.6 is 0 Å². The highest BCUT2D eigenvalue weighted by molar-refractivity contribution is 5.90. The van der Waals surface area contributed by atoms with E-state index in [1.165, 1.54) is 0 Å². The Labute approximate surface area is 139 Å². The van der Waals surface area contributed by atoms with Crippen LogP contribution in [-0.2, 0) is 14.3 Å². The van der Waals surface area contributed by atoms with E-state index in [-0.39, 0.29) is 11.3 Å². The number of nitrogens with two attached hydrogens (primary N) is 1. The van der Waals surface area contributed by atoms with Crippen LogP contribution < -0.4 is 11.1 Å². The molecule has 0 bridgehead atoms. The van der Waals surface area contributed by atoms with Gasteiger partial charge in [-0.25, -0.2) is 0 Å². The van der Waals surface area contributed by atoms with Gasteiger partial charge in [0.2, 0.25) is 11.8 Å². The lowest BCUT2D eigenvalue weighted by Crippen LogP contribution is -2.56. The van der Waals surface area contributed by atoms with Gasteiger partial charge in [-0.15, -0.1) is 0 Å². The molecule has 1 saturated heterocycles. The Kier molecular flexibility index (Phi) is 5.72. The predicted octanol–water partition coefficient (Wildman–Crippen LogP) is 1.75. The number of primary amides is 1. The molecule has 1 fully saturated rings. The van der Waals surface area contributed by atoms with Gasteiger partial charge in [-0.05, 0) is 45.6 Å². The van der Waals surface area contributed by atoms with Gasteiger partial charge < -0.3 is 20.7 Å². The van der Waals surface area contributed by atoms with Crippen molar-refractivity contribution in [2.24, 2.45) is 11.1 Å². The van der Waals surface area contributed by atoms with Crippen molar-refractivity contribution in [2.75, 3.05) is 6.54 Å². The second-order valence-electron chi connectivity index (χ2n) is 8.17. The molecule has 0 spiro atoms. The van der Waals surface area contributed by atoms with Gasteiger partial charge in [0.25, 0.3) is 0 Å². The maximum atomic E-state index is 13.0. The molecule has 2 atom stereocenters. The molecule has 1 aliphatic heterocycles. The third-order valence-corrected chi connectivity index (χ3v) is 3.71. The van der Waals surface area contributed by atoms with Crippen molar-refractivity contribution in [3.63, 3.8) is 0 Å². The summed E-state index contributed by atoms with van der Waals surface area (Å²) in [6, 6.07) is -1.07. The summed E-state index contributed by atoms with van der Waals surface area (Å²) in [4.78, 5) is 26.1. The summed E-state index contributed by atoms with van der Waals surface area (Å²) in [7, 11) is 0. The number of carbonyl (C=O) groups excluding carboxylic acids is 2. The number of likely N-dealkylation sites (tertiary alicyclic amines) is 1. The first-order chi connectivity index (χ1) is 10.3. The smallest absolute Gasteiger partial charge is 0.246 e. The molecule has 0 aromatic rings. The van der Waals surface area contributed by atoms with Crippen molar-refractivity contribution in [3.8, 4) is 0 Å². The molecular weight excluding hydrogens is 294 g/mol. The SMILES string of the molecule is C=C(N[C@H](C(=O)N1CCC[C@H]1C(N)=O)C(C)(C)C)OC(C)(C)C. The van der Waals surface area contributed by atoms with Crippen LogP contribution in [0.4, 0.5) is 0 Å². The monoisotopic (exact) mass is 325 g/mol. The number of amides is 2. The van der Waals surface area contributed by atoms with Gasteiger partial charge in [0, 0.05) is 6.54 Å². The molecule has 0 aromatic carbocycles. The summed E-state index contributed by atoms with van der Waals surface area (Å²) in [5.41, 5.74) is 4.65. The number of hydrogen-bond acceptors (Lipinski definition) is 4. The van der Waals surface area contributed by atoms with Crippen molar-refractivity contribution in [1.29, 1.82) is 0 Å². The topological polar surface area (TPSA) is 84.7 Å². The minimum atomic E-state index is -0.544. The van der Waals surface area contributed by atoms with Gasteiger partial charge in [0.1, 0.15) is 17.7 Å². The highest BCUT2D eigenvalue weighted by Crippen LogP contribution is 2.26. The van der Waals surface area contributed by atoms with Crippen LogP contribution in [0.15, 0.2) is 12.5 Å². The second-order valence-corrected chi connectivity index (χ2v) is 8.17. The first-order valence-corrected chi connectivity index (χ1v) is 8.07. The molecule has 0 saturated carbocycles. The average Bonchev–Trinajstić information content (AvgIpc) is 2.80. The number of carbonyl (C=O) groups is 2. The summed E-state index contributed by atoms with van der Waals surface area (Å²) < 4.78 is 5.68. The van der Waals surface area contributed by atoms with E-state index in [1.54, 1.807) is 4.90 Å². The molecule has 0 radical (unpaired) electrons. The molecule has 6 heteroatoms. The lowest BCUT2D eigenvalue weighted by atomic mass is 9.85. The van der Waals surface area contributed by atoms with Crippen molar-refractivity contribution >= 4 is 11.8 Å². The molecule has 23 heavy (non-hydrogen) atoms. The number of hydrogen-bond donors (Lipinski definition) is 2. The number of nitrogens with one attached hydrogen (secondary N) is 1. The number of ether oxygens (including phenoxy) is 1. The third-order valence-electron chi connectivity index (χ3n) is 3.71. The Morgan fingerprint density at radius 1 is 1.26 bits per heavy atom. The van der Waals surface area contributed by atoms with E-state index >= 15 is 0 Å². The van der Waals surface area contributed by atoms with E-state index in [4.69, 9.17) is 10.5 Å². The minimum absolute atomic E-state index is 0.141. The quantitative estimate of drug-likeness (QED) is 0.754. The number of nitrogens with zero attached hydrogens (tertiary/aromatic N) is 1. The molecule has 6 nitrogen and oxygen atoms in total. The zero-order chi connectivity index (χ0) is 18.0. The zero-order valence-electron chi connectivity index (χ0n) is 15.2. The van der Waals surface area contributed by atoms with Crippen molar-refractivity contribution in [3.05, 3.63) is 12.5 Å². The maximum Gasteiger partial charge on any atom is 0.246 e. The van der Waals surface area contributed by atoms with Gasteiger partial charge in [-0.3, -0.25) is 9.59 Å². The second kappa shape index (κ2) is 6.81. The summed E-state index contributed by atoms with van der Waals surface area (Å²) in [5.74, 6) is -0.244. The fourth-order valence-corrected chi connectivity index (χ4v) is 2.70. The van der Waals surface area contributed by atoms with E-state index < -0.39 is 23.6 Å². The molecule has 132 valence electrons. The maximum absolute atomic E-state index is 13.0. The normalized spacial score (nSPS) is 20.1. The highest BCUT2D eigenvalue weighted by Gasteiger charge is 2.41. The Bertz CT molecular complexity index is 474. The highest BCUT2D eigenvalue weighted by atomic mass is 16.5. The molecule has 0 aliphatic carbocycles. The molecule has 0 unspecified atom stereocenters. The lowest BCUT2D eigenvalue weighted by Gasteiger charge is -2.36. The van der Waals surface area contributed by atoms with Gasteiger partial charge in [0.05, 0.1) is 0 Å². The van der Waals surface area contributed by atoms with Crippen molar-refractivity contribution < 1.29 is 14.3 Å². The van der Waals surface area contributed by atoms with Crippen LogP contribution in [0, 0.1) is 5.41 Å². The number of rotatable bonds is 5. The first-order valence-electron chi connectivity index (χ1n) is 8.07. The molecular formula is C17H31N3O3. The Morgan fingerprint density at radius 3 is 2.26 bits per heavy atom. The summed E-state index contributed by atoms with van der Waals surface area (Å²) in [6.07, 6.45) is 1.41. The van der Waals surface area contributed by atoms with Crippen LogP contribution in [0.3, 0.4) is 0 Å².